The maximum absolute atomic E-state index is 11.3. The molecule has 0 atom stereocenters. The Labute approximate surface area is 115 Å². The molecule has 9 heavy (non-hydrogen) atoms. The standard InChI is InChI=1S/6FH.K.Na.Zr/h6*1H;;;/q;;;;;;2*+1;+4/p-6. The van der Waals surface area contributed by atoms with Crippen LogP contribution < -0.4 is 80.9 Å². The molecule has 9 heteroatoms. The van der Waals surface area contributed by atoms with Gasteiger partial charge in [0.25, 0.3) is 0 Å². The third kappa shape index (κ3) is 95.7. The van der Waals surface area contributed by atoms with Crippen LogP contribution >= 0.6 is 0 Å². The first-order chi connectivity index (χ1) is 2.45. The quantitative estimate of drug-likeness (QED) is 0.316. The first kappa shape index (κ1) is 18.0. The molecule has 0 aliphatic heterocycles. The number of hydrogen-bond acceptors (Lipinski definition) is 0. The van der Waals surface area contributed by atoms with Crippen molar-refractivity contribution >= 4 is 0 Å². The number of halogens is 6. The Balaban J connectivity index is -0.000000180. The summed E-state index contributed by atoms with van der Waals surface area (Å²) in [7, 11) is 0. The summed E-state index contributed by atoms with van der Waals surface area (Å²) in [6.07, 6.45) is 0. The van der Waals surface area contributed by atoms with Crippen LogP contribution in [0.4, 0.5) is 15.8 Å². The van der Waals surface area contributed by atoms with E-state index in [9.17, 15) is 15.8 Å². The Morgan fingerprint density at radius 3 is 0.667 bits per heavy atom. The maximum Gasteiger partial charge on any atom is 1.00 e. The first-order valence-corrected chi connectivity index (χ1v) is 6.71. The van der Waals surface area contributed by atoms with Gasteiger partial charge in [0.2, 0.25) is 0 Å². The van der Waals surface area contributed by atoms with Crippen LogP contribution in [0.2, 0.25) is 0 Å². The second kappa shape index (κ2) is 3.46. The number of hydrogen-bond donors (Lipinski definition) is 0. The van der Waals surface area contributed by atoms with Gasteiger partial charge in [-0.1, -0.05) is 0 Å². The molecule has 0 aromatic heterocycles. The zero-order valence-electron chi connectivity index (χ0n) is 4.77. The summed E-state index contributed by atoms with van der Waals surface area (Å²) in [6, 6.07) is 0. The molecular formula is F6KNaZr. The molecule has 0 saturated heterocycles. The predicted octanol–water partition coefficient (Wildman–Crippen LogP) is -3.47. The summed E-state index contributed by atoms with van der Waals surface area (Å²) in [4.78, 5) is 0. The maximum atomic E-state index is 9.93. The molecule has 0 radical (unpaired) electrons. The van der Waals surface area contributed by atoms with Crippen LogP contribution in [0, 0.1) is 0 Å². The van der Waals surface area contributed by atoms with Gasteiger partial charge in [0, 0.05) is 0 Å². The minimum Gasteiger partial charge on any atom is 1.00 e. The molecule has 0 spiro atoms. The van der Waals surface area contributed by atoms with Gasteiger partial charge in [0.1, 0.15) is 0 Å². The molecule has 0 aliphatic carbocycles. The van der Waals surface area contributed by atoms with Crippen LogP contribution in [-0.4, -0.2) is 0 Å². The van der Waals surface area contributed by atoms with Crippen LogP contribution in [0.3, 0.4) is 0 Å². The normalized spacial score (nSPS) is 18.0. The van der Waals surface area contributed by atoms with E-state index in [0.29, 0.717) is 0 Å². The fourth-order valence-corrected chi connectivity index (χ4v) is 0. The average Bonchev–Trinajstić information content (AvgIpc) is 0.592. The molecule has 0 amide bonds. The zero-order chi connectivity index (χ0) is 6.41. The van der Waals surface area contributed by atoms with Crippen molar-refractivity contribution < 1.29 is 118 Å². The van der Waals surface area contributed by atoms with Crippen LogP contribution in [0.5, 0.6) is 0 Å². The van der Waals surface area contributed by atoms with Gasteiger partial charge in [-0.3, -0.25) is 0 Å². The van der Waals surface area contributed by atoms with E-state index >= 15 is 0 Å². The predicted molar refractivity (Wildman–Crippen MR) is 6.65 cm³/mol. The van der Waals surface area contributed by atoms with E-state index in [1.165, 1.54) is 0 Å². The Morgan fingerprint density at radius 1 is 0.667 bits per heavy atom. The summed E-state index contributed by atoms with van der Waals surface area (Å²) in [5.41, 5.74) is 0. The van der Waals surface area contributed by atoms with Crippen LogP contribution in [0.25, 0.3) is 0 Å². The van der Waals surface area contributed by atoms with E-state index in [4.69, 9.17) is 0 Å². The van der Waals surface area contributed by atoms with Gasteiger partial charge in [0.05, 0.1) is 0 Å². The molecule has 0 unspecified atom stereocenters. The summed E-state index contributed by atoms with van der Waals surface area (Å²) < 4.78 is 59.6. The average molecular weight is 267 g/mol. The van der Waals surface area contributed by atoms with Crippen molar-refractivity contribution in [2.24, 2.45) is 0 Å². The minimum absolute atomic E-state index is 0. The van der Waals surface area contributed by atoms with E-state index in [1.54, 1.807) is 0 Å². The zero-order valence-corrected chi connectivity index (χ0v) is 12.3. The van der Waals surface area contributed by atoms with E-state index in [2.05, 4.69) is 0 Å². The fourth-order valence-electron chi connectivity index (χ4n) is 0. The summed E-state index contributed by atoms with van der Waals surface area (Å²) in [5.74, 6) is 0. The van der Waals surface area contributed by atoms with E-state index < -0.39 is 21.0 Å². The second-order valence-corrected chi connectivity index (χ2v) is 6.34. The van der Waals surface area contributed by atoms with Gasteiger partial charge >= 0.3 is 118 Å². The Morgan fingerprint density at radius 2 is 0.667 bits per heavy atom. The fraction of sp³-hybridized carbons (Fsp3) is 0. The van der Waals surface area contributed by atoms with Gasteiger partial charge in [-0.15, -0.1) is 0 Å². The first-order valence-electron chi connectivity index (χ1n) is 1.13. The molecule has 0 aromatic rings. The SMILES string of the molecule is [F][Zr-2]([F])([F])([F])([F])[F].[K+].[Na+]. The van der Waals surface area contributed by atoms with E-state index in [-0.39, 0.29) is 80.9 Å². The van der Waals surface area contributed by atoms with Crippen molar-refractivity contribution in [3.63, 3.8) is 0 Å². The molecule has 0 aromatic carbocycles. The van der Waals surface area contributed by atoms with Crippen molar-refractivity contribution in [2.75, 3.05) is 0 Å². The smallest absolute Gasteiger partial charge is 1.00 e. The summed E-state index contributed by atoms with van der Waals surface area (Å²) >= 11 is -11.3. The number of rotatable bonds is 0. The van der Waals surface area contributed by atoms with Crippen molar-refractivity contribution in [1.29, 1.82) is 0 Å². The topological polar surface area (TPSA) is 0 Å². The van der Waals surface area contributed by atoms with Crippen molar-refractivity contribution in [1.82, 2.24) is 0 Å². The molecule has 0 N–H and O–H groups in total. The molecule has 0 heterocycles. The second-order valence-electron chi connectivity index (χ2n) is 1.07. The third-order valence-electron chi connectivity index (χ3n) is 0. The van der Waals surface area contributed by atoms with E-state index in [0.717, 1.165) is 0 Å². The van der Waals surface area contributed by atoms with Gasteiger partial charge in [-0.2, -0.15) is 0 Å². The van der Waals surface area contributed by atoms with Crippen LogP contribution in [-0.2, 0) is 21.0 Å². The van der Waals surface area contributed by atoms with Crippen molar-refractivity contribution in [2.45, 2.75) is 0 Å². The molecule has 0 fully saturated rings. The van der Waals surface area contributed by atoms with Crippen molar-refractivity contribution in [3.8, 4) is 0 Å². The molecule has 0 rings (SSSR count). The van der Waals surface area contributed by atoms with Gasteiger partial charge in [-0.05, 0) is 0 Å². The molecule has 0 aliphatic rings. The van der Waals surface area contributed by atoms with E-state index in [1.807, 2.05) is 0 Å². The Bertz CT molecular complexity index is 71.6. The van der Waals surface area contributed by atoms with Gasteiger partial charge < -0.3 is 0 Å². The molecule has 0 bridgehead atoms. The monoisotopic (exact) mass is 266 g/mol. The minimum atomic E-state index is -11.3. The molecule has 0 nitrogen and oxygen atoms in total. The molecule has 0 saturated carbocycles. The molecular weight excluding hydrogens is 267 g/mol. The summed E-state index contributed by atoms with van der Waals surface area (Å²) in [6.45, 7) is 0. The van der Waals surface area contributed by atoms with Crippen LogP contribution in [0.1, 0.15) is 0 Å². The van der Waals surface area contributed by atoms with Gasteiger partial charge in [0.15, 0.2) is 0 Å². The summed E-state index contributed by atoms with van der Waals surface area (Å²) in [5, 5.41) is 0. The third-order valence-corrected chi connectivity index (χ3v) is 0. The van der Waals surface area contributed by atoms with Gasteiger partial charge in [-0.25, -0.2) is 0 Å². The largest absolute Gasteiger partial charge is 1.00 e. The Kier molecular flexibility index (Phi) is 6.91. The van der Waals surface area contributed by atoms with Crippen LogP contribution in [0.15, 0.2) is 0 Å². The Hall–Kier alpha value is 3.10. The molecule has 48 valence electrons. The van der Waals surface area contributed by atoms with Crippen molar-refractivity contribution in [3.05, 3.63) is 0 Å².